The molecule has 52 heavy (non-hydrogen) atoms. The van der Waals surface area contributed by atoms with Gasteiger partial charge in [-0.2, -0.15) is 0 Å². The first-order valence-corrected chi connectivity index (χ1v) is 28.9. The van der Waals surface area contributed by atoms with Crippen LogP contribution < -0.4 is 0 Å². The number of fused-ring (bicyclic) bond motifs is 2. The molecular formula is C50H49SiZr. The van der Waals surface area contributed by atoms with Gasteiger partial charge in [0, 0.05) is 0 Å². The quantitative estimate of drug-likeness (QED) is 0.142. The van der Waals surface area contributed by atoms with Crippen molar-refractivity contribution in [1.29, 1.82) is 0 Å². The molecule has 0 fully saturated rings. The molecule has 0 heterocycles. The van der Waals surface area contributed by atoms with Crippen molar-refractivity contribution in [3.8, 4) is 44.5 Å². The minimum absolute atomic E-state index is 0.527. The Balaban J connectivity index is 1.37. The molecule has 0 N–H and O–H groups in total. The normalized spacial score (nSPS) is 16.1. The van der Waals surface area contributed by atoms with Crippen molar-refractivity contribution < 1.29 is 20.9 Å². The van der Waals surface area contributed by atoms with Gasteiger partial charge in [-0.1, -0.05) is 0 Å². The van der Waals surface area contributed by atoms with E-state index in [4.69, 9.17) is 0 Å². The SMILES string of the molecule is CC1=Cc2c(-c3ccc(C)cc3)ccc(-c3ccc(C)cc3)c2[CH]1[Zr]([CH]1C(C)=Cc2c(-c3ccc(C)cc3)ccc(-c3ccc(C)cc3)c21)[SiH](C)C. The van der Waals surface area contributed by atoms with E-state index in [9.17, 15) is 0 Å². The van der Waals surface area contributed by atoms with Gasteiger partial charge in [0.2, 0.25) is 0 Å². The topological polar surface area (TPSA) is 0 Å². The van der Waals surface area contributed by atoms with Crippen molar-refractivity contribution in [2.45, 2.75) is 61.9 Å². The van der Waals surface area contributed by atoms with Gasteiger partial charge in [0.05, 0.1) is 0 Å². The van der Waals surface area contributed by atoms with Gasteiger partial charge in [-0.15, -0.1) is 0 Å². The molecule has 0 nitrogen and oxygen atoms in total. The molecular weight excluding hydrogens is 720 g/mol. The Bertz CT molecular complexity index is 2190. The van der Waals surface area contributed by atoms with Crippen LogP contribution in [-0.2, 0) is 20.9 Å². The summed E-state index contributed by atoms with van der Waals surface area (Å²) in [7, 11) is 0. The fourth-order valence-electron chi connectivity index (χ4n) is 8.91. The van der Waals surface area contributed by atoms with Crippen LogP contribution in [0.3, 0.4) is 0 Å². The van der Waals surface area contributed by atoms with E-state index in [0.717, 1.165) is 0 Å². The Morgan fingerprint density at radius 2 is 0.635 bits per heavy atom. The van der Waals surface area contributed by atoms with Gasteiger partial charge in [0.1, 0.15) is 0 Å². The van der Waals surface area contributed by atoms with E-state index >= 15 is 0 Å². The molecule has 0 saturated carbocycles. The third kappa shape index (κ3) is 6.23. The van der Waals surface area contributed by atoms with Crippen LogP contribution in [0.2, 0.25) is 13.1 Å². The number of hydrogen-bond acceptors (Lipinski definition) is 0. The third-order valence-electron chi connectivity index (χ3n) is 11.6. The molecule has 2 heteroatoms. The van der Waals surface area contributed by atoms with Crippen LogP contribution in [0.15, 0.2) is 132 Å². The molecule has 0 aliphatic heterocycles. The van der Waals surface area contributed by atoms with Crippen molar-refractivity contribution >= 4 is 18.1 Å². The predicted molar refractivity (Wildman–Crippen MR) is 225 cm³/mol. The summed E-state index contributed by atoms with van der Waals surface area (Å²) < 4.78 is 1.05. The van der Waals surface area contributed by atoms with Gasteiger partial charge in [0.25, 0.3) is 0 Å². The summed E-state index contributed by atoms with van der Waals surface area (Å²) in [6.07, 6.45) is 5.20. The average Bonchev–Trinajstić information content (AvgIpc) is 3.66. The summed E-state index contributed by atoms with van der Waals surface area (Å²) in [5.41, 5.74) is 25.5. The Labute approximate surface area is 320 Å². The van der Waals surface area contributed by atoms with Crippen LogP contribution in [0.4, 0.5) is 0 Å². The van der Waals surface area contributed by atoms with E-state index in [1.807, 2.05) is 0 Å². The van der Waals surface area contributed by atoms with Gasteiger partial charge in [0.15, 0.2) is 0 Å². The molecule has 2 aliphatic rings. The predicted octanol–water partition coefficient (Wildman–Crippen LogP) is 13.8. The standard InChI is InChI=1S/2C24H21.C2H7Si.Zr/c2*1-16-4-8-19(9-5-16)21-12-13-22(20-10-6-17(2)7-11-20)24-15-18(3)14-23(21)24;1-3-2;/h2*4-15H,1-3H3;3H,1-2H3;. The summed E-state index contributed by atoms with van der Waals surface area (Å²) >= 11 is -2.42. The van der Waals surface area contributed by atoms with E-state index in [1.54, 1.807) is 22.3 Å². The Kier molecular flexibility index (Phi) is 9.44. The zero-order chi connectivity index (χ0) is 36.3. The zero-order valence-electron chi connectivity index (χ0n) is 31.9. The third-order valence-corrected chi connectivity index (χ3v) is 33.6. The van der Waals surface area contributed by atoms with Crippen molar-refractivity contribution in [1.82, 2.24) is 0 Å². The number of allylic oxidation sites excluding steroid dienone is 2. The molecule has 0 amide bonds. The molecule has 2 unspecified atom stereocenters. The number of benzene rings is 6. The van der Waals surface area contributed by atoms with Crippen molar-refractivity contribution in [2.24, 2.45) is 0 Å². The van der Waals surface area contributed by atoms with E-state index in [-0.39, 0.29) is 0 Å². The molecule has 0 radical (unpaired) electrons. The van der Waals surface area contributed by atoms with Gasteiger partial charge in [-0.3, -0.25) is 0 Å². The fourth-order valence-corrected chi connectivity index (χ4v) is 32.1. The van der Waals surface area contributed by atoms with E-state index in [1.165, 1.54) is 77.9 Å². The molecule has 2 atom stereocenters. The summed E-state index contributed by atoms with van der Waals surface area (Å²) in [6, 6.07) is 46.7. The average molecular weight is 769 g/mol. The fraction of sp³-hybridized carbons (Fsp3) is 0.200. The molecule has 6 aromatic carbocycles. The monoisotopic (exact) mass is 767 g/mol. The Morgan fingerprint density at radius 1 is 0.365 bits per heavy atom. The summed E-state index contributed by atoms with van der Waals surface area (Å²) in [5.74, 6) is -1.11. The van der Waals surface area contributed by atoms with Crippen molar-refractivity contribution in [3.05, 3.63) is 177 Å². The molecule has 0 bridgehead atoms. The summed E-state index contributed by atoms with van der Waals surface area (Å²) in [6.45, 7) is 19.1. The van der Waals surface area contributed by atoms with Gasteiger partial charge < -0.3 is 0 Å². The molecule has 6 aromatic rings. The second-order valence-electron chi connectivity index (χ2n) is 15.7. The zero-order valence-corrected chi connectivity index (χ0v) is 35.5. The second kappa shape index (κ2) is 14.0. The first-order valence-electron chi connectivity index (χ1n) is 18.9. The van der Waals surface area contributed by atoms with Crippen LogP contribution >= 0.6 is 0 Å². The maximum atomic E-state index is 2.69. The Morgan fingerprint density at radius 3 is 0.923 bits per heavy atom. The Hall–Kier alpha value is -4.10. The summed E-state index contributed by atoms with van der Waals surface area (Å²) in [5, 5.41) is 0. The molecule has 0 aromatic heterocycles. The van der Waals surface area contributed by atoms with Crippen LogP contribution in [-0.4, -0.2) is 5.92 Å². The summed E-state index contributed by atoms with van der Waals surface area (Å²) in [4.78, 5) is 0. The molecule has 0 saturated heterocycles. The van der Waals surface area contributed by atoms with Gasteiger partial charge in [-0.05, 0) is 0 Å². The van der Waals surface area contributed by atoms with E-state index < -0.39 is 26.8 Å². The van der Waals surface area contributed by atoms with Crippen molar-refractivity contribution in [2.75, 3.05) is 0 Å². The molecule has 2 aliphatic carbocycles. The van der Waals surface area contributed by atoms with E-state index in [2.05, 4.69) is 188 Å². The second-order valence-corrected chi connectivity index (χ2v) is 35.8. The van der Waals surface area contributed by atoms with Gasteiger partial charge >= 0.3 is 322 Å². The van der Waals surface area contributed by atoms with Crippen LogP contribution in [0.25, 0.3) is 56.7 Å². The minimum atomic E-state index is -2.42. The molecule has 8 rings (SSSR count). The first kappa shape index (κ1) is 35.0. The van der Waals surface area contributed by atoms with Crippen molar-refractivity contribution in [3.63, 3.8) is 0 Å². The van der Waals surface area contributed by atoms with Crippen LogP contribution in [0, 0.1) is 27.7 Å². The van der Waals surface area contributed by atoms with Gasteiger partial charge in [-0.25, -0.2) is 0 Å². The number of aryl methyl sites for hydroxylation is 4. The first-order chi connectivity index (χ1) is 25.1. The van der Waals surface area contributed by atoms with Crippen LogP contribution in [0.5, 0.6) is 0 Å². The number of rotatable bonds is 7. The van der Waals surface area contributed by atoms with Crippen LogP contribution in [0.1, 0.15) is 65.6 Å². The number of hydrogen-bond donors (Lipinski definition) is 0. The molecule has 0 spiro atoms. The molecule has 257 valence electrons. The van der Waals surface area contributed by atoms with E-state index in [0.29, 0.717) is 7.25 Å². The maximum absolute atomic E-state index is 2.69.